The van der Waals surface area contributed by atoms with E-state index in [0.717, 1.165) is 17.5 Å². The molecule has 0 unspecified atom stereocenters. The van der Waals surface area contributed by atoms with Gasteiger partial charge in [0, 0.05) is 24.0 Å². The van der Waals surface area contributed by atoms with Gasteiger partial charge in [-0.05, 0) is 66.8 Å². The first-order valence-corrected chi connectivity index (χ1v) is 13.3. The van der Waals surface area contributed by atoms with E-state index < -0.39 is 23.8 Å². The fraction of sp³-hybridized carbons (Fsp3) is 0.226. The summed E-state index contributed by atoms with van der Waals surface area (Å²) < 4.78 is 44.6. The van der Waals surface area contributed by atoms with Crippen molar-refractivity contribution in [2.45, 2.75) is 32.0 Å². The molecule has 2 aromatic heterocycles. The van der Waals surface area contributed by atoms with Crippen molar-refractivity contribution < 1.29 is 32.3 Å². The number of carboxylic acids is 1. The number of anilines is 2. The van der Waals surface area contributed by atoms with Crippen LogP contribution < -0.4 is 10.2 Å². The molecule has 1 amide bonds. The molecule has 1 aliphatic rings. The third-order valence-corrected chi connectivity index (χ3v) is 7.45. The molecule has 0 spiro atoms. The number of alkyl halides is 3. The minimum absolute atomic E-state index is 0.0915. The summed E-state index contributed by atoms with van der Waals surface area (Å²) in [5, 5.41) is 13.7. The predicted molar refractivity (Wildman–Crippen MR) is 151 cm³/mol. The molecule has 6 rings (SSSR count). The number of carbonyl (C=O) groups is 2. The maximum absolute atomic E-state index is 12.9. The van der Waals surface area contributed by atoms with Crippen LogP contribution in [0, 0.1) is 12.8 Å². The molecule has 8 nitrogen and oxygen atoms in total. The normalized spacial score (nSPS) is 17.2. The fourth-order valence-electron chi connectivity index (χ4n) is 5.49. The largest absolute Gasteiger partial charge is 0.480 e. The van der Waals surface area contributed by atoms with Crippen molar-refractivity contribution in [3.8, 4) is 11.1 Å². The Balaban J connectivity index is 1.16. The van der Waals surface area contributed by atoms with Crippen LogP contribution in [0.2, 0.25) is 0 Å². The van der Waals surface area contributed by atoms with Crippen LogP contribution in [0.4, 0.5) is 24.7 Å². The highest BCUT2D eigenvalue weighted by molar-refractivity contribution is 6.06. The van der Waals surface area contributed by atoms with Crippen molar-refractivity contribution in [1.82, 2.24) is 9.97 Å². The van der Waals surface area contributed by atoms with Crippen molar-refractivity contribution in [2.24, 2.45) is 5.92 Å². The van der Waals surface area contributed by atoms with Crippen LogP contribution in [0.15, 0.2) is 77.2 Å². The number of benzene rings is 3. The maximum Gasteiger partial charge on any atom is 0.416 e. The van der Waals surface area contributed by atoms with E-state index >= 15 is 0 Å². The van der Waals surface area contributed by atoms with E-state index in [-0.39, 0.29) is 24.7 Å². The number of aryl methyl sites for hydroxylation is 1. The second-order valence-corrected chi connectivity index (χ2v) is 10.4. The van der Waals surface area contributed by atoms with Crippen molar-refractivity contribution in [2.75, 3.05) is 16.8 Å². The van der Waals surface area contributed by atoms with Gasteiger partial charge in [-0.3, -0.25) is 4.79 Å². The van der Waals surface area contributed by atoms with Gasteiger partial charge in [0.25, 0.3) is 0 Å². The quantitative estimate of drug-likeness (QED) is 0.233. The summed E-state index contributed by atoms with van der Waals surface area (Å²) in [6, 6.07) is 18.2. The number of carboxylic acid groups (broad SMARTS) is 1. The van der Waals surface area contributed by atoms with Crippen LogP contribution in [-0.4, -0.2) is 39.5 Å². The molecule has 42 heavy (non-hydrogen) atoms. The number of nitrogens with zero attached hydrogens (tertiary/aromatic N) is 3. The minimum atomic E-state index is -4.40. The van der Waals surface area contributed by atoms with Gasteiger partial charge in [0.2, 0.25) is 5.91 Å². The molecule has 11 heteroatoms. The zero-order valence-corrected chi connectivity index (χ0v) is 22.4. The van der Waals surface area contributed by atoms with Crippen LogP contribution in [0.1, 0.15) is 24.2 Å². The molecule has 3 aromatic carbocycles. The Morgan fingerprint density at radius 1 is 1.00 bits per heavy atom. The molecular formula is C31H25F3N4O4. The lowest BCUT2D eigenvalue weighted by atomic mass is 10.0. The summed E-state index contributed by atoms with van der Waals surface area (Å²) in [5.41, 5.74) is 2.77. The summed E-state index contributed by atoms with van der Waals surface area (Å²) in [6.45, 7) is 2.03. The van der Waals surface area contributed by atoms with Gasteiger partial charge in [0.05, 0.1) is 5.56 Å². The Kier molecular flexibility index (Phi) is 6.80. The van der Waals surface area contributed by atoms with Gasteiger partial charge in [-0.2, -0.15) is 13.2 Å². The lowest BCUT2D eigenvalue weighted by Crippen LogP contribution is -2.36. The smallest absolute Gasteiger partial charge is 0.416 e. The fourth-order valence-corrected chi connectivity index (χ4v) is 5.49. The van der Waals surface area contributed by atoms with Crippen molar-refractivity contribution in [3.05, 3.63) is 84.2 Å². The number of carbonyl (C=O) groups excluding carboxylic acids is 1. The molecule has 0 saturated carbocycles. The first-order chi connectivity index (χ1) is 20.1. The Morgan fingerprint density at radius 2 is 1.67 bits per heavy atom. The highest BCUT2D eigenvalue weighted by atomic mass is 19.4. The number of aliphatic carboxylic acids is 1. The van der Waals surface area contributed by atoms with Crippen LogP contribution >= 0.6 is 0 Å². The lowest BCUT2D eigenvalue weighted by Gasteiger charge is -2.22. The van der Waals surface area contributed by atoms with Gasteiger partial charge in [-0.25, -0.2) is 14.8 Å². The minimum Gasteiger partial charge on any atom is -0.480 e. The molecule has 1 fully saturated rings. The van der Waals surface area contributed by atoms with Crippen LogP contribution in [0.3, 0.4) is 0 Å². The molecule has 0 aliphatic carbocycles. The molecule has 3 heterocycles. The van der Waals surface area contributed by atoms with Gasteiger partial charge in [-0.1, -0.05) is 36.4 Å². The number of amides is 1. The van der Waals surface area contributed by atoms with E-state index in [4.69, 9.17) is 4.42 Å². The molecule has 214 valence electrons. The predicted octanol–water partition coefficient (Wildman–Crippen LogP) is 6.68. The van der Waals surface area contributed by atoms with E-state index in [1.807, 2.05) is 24.3 Å². The number of nitrogens with one attached hydrogen (secondary N) is 1. The average Bonchev–Trinajstić information content (AvgIpc) is 3.54. The first-order valence-electron chi connectivity index (χ1n) is 13.3. The summed E-state index contributed by atoms with van der Waals surface area (Å²) >= 11 is 0. The van der Waals surface area contributed by atoms with E-state index in [1.165, 1.54) is 12.1 Å². The Bertz CT molecular complexity index is 1800. The summed E-state index contributed by atoms with van der Waals surface area (Å²) in [4.78, 5) is 35.9. The summed E-state index contributed by atoms with van der Waals surface area (Å²) in [6.07, 6.45) is -4.06. The number of halogens is 3. The third kappa shape index (κ3) is 5.25. The number of hydrogen-bond donors (Lipinski definition) is 2. The number of rotatable bonds is 6. The lowest BCUT2D eigenvalue weighted by molar-refractivity contribution is -0.139. The summed E-state index contributed by atoms with van der Waals surface area (Å²) in [7, 11) is 0. The number of hydrogen-bond acceptors (Lipinski definition) is 6. The maximum atomic E-state index is 12.9. The molecule has 5 aromatic rings. The van der Waals surface area contributed by atoms with Gasteiger partial charge >= 0.3 is 12.1 Å². The number of furan rings is 1. The van der Waals surface area contributed by atoms with Crippen molar-refractivity contribution >= 4 is 45.5 Å². The first kappa shape index (κ1) is 27.3. The molecule has 2 atom stereocenters. The Hall–Kier alpha value is -4.93. The van der Waals surface area contributed by atoms with E-state index in [1.54, 1.807) is 36.1 Å². The molecular weight excluding hydrogens is 549 g/mol. The highest BCUT2D eigenvalue weighted by Gasteiger charge is 2.40. The van der Waals surface area contributed by atoms with Gasteiger partial charge in [-0.15, -0.1) is 0 Å². The van der Waals surface area contributed by atoms with Crippen molar-refractivity contribution in [1.29, 1.82) is 0 Å². The molecule has 0 bridgehead atoms. The Labute approximate surface area is 237 Å². The van der Waals surface area contributed by atoms with Gasteiger partial charge < -0.3 is 19.7 Å². The topological polar surface area (TPSA) is 109 Å². The zero-order valence-electron chi connectivity index (χ0n) is 22.4. The van der Waals surface area contributed by atoms with Crippen LogP contribution in [0.5, 0.6) is 0 Å². The number of fused-ring (bicyclic) bond motifs is 3. The van der Waals surface area contributed by atoms with Gasteiger partial charge in [0.15, 0.2) is 11.4 Å². The van der Waals surface area contributed by atoms with Crippen LogP contribution in [0.25, 0.3) is 33.2 Å². The molecule has 1 saturated heterocycles. The second-order valence-electron chi connectivity index (χ2n) is 10.4. The van der Waals surface area contributed by atoms with Crippen molar-refractivity contribution in [3.63, 3.8) is 0 Å². The monoisotopic (exact) mass is 574 g/mol. The van der Waals surface area contributed by atoms with Gasteiger partial charge in [0.1, 0.15) is 23.0 Å². The van der Waals surface area contributed by atoms with E-state index in [0.29, 0.717) is 51.7 Å². The highest BCUT2D eigenvalue weighted by Crippen LogP contribution is 2.38. The molecule has 1 aliphatic heterocycles. The number of aromatic nitrogens is 2. The second kappa shape index (κ2) is 10.5. The number of para-hydroxylation sites is 1. The molecule has 0 radical (unpaired) electrons. The summed E-state index contributed by atoms with van der Waals surface area (Å²) in [5.74, 6) is -0.678. The average molecular weight is 575 g/mol. The molecule has 2 N–H and O–H groups in total. The SMILES string of the molecule is Cc1nc(N2C[C@@H](CC(=O)Nc3ccc(-c4ccc(C(F)(F)F)cc4)cc3)C[C@H]2C(=O)O)c2oc3ccccc3c2n1. The van der Waals surface area contributed by atoms with E-state index in [2.05, 4.69) is 15.3 Å². The zero-order chi connectivity index (χ0) is 29.6. The Morgan fingerprint density at radius 3 is 2.33 bits per heavy atom. The third-order valence-electron chi connectivity index (χ3n) is 7.45. The van der Waals surface area contributed by atoms with E-state index in [9.17, 15) is 27.9 Å². The standard InChI is InChI=1S/C31H25F3N4O4/c1-17-35-27-23-4-2-3-5-25(23)42-28(27)29(36-17)38-16-18(14-24(38)30(40)41)15-26(39)37-22-12-8-20(9-13-22)19-6-10-21(11-7-19)31(32,33)34/h2-13,18,24H,14-16H2,1H3,(H,37,39)(H,40,41)/t18-,24+/m1/s1. The van der Waals surface area contributed by atoms with Crippen LogP contribution in [-0.2, 0) is 15.8 Å².